The minimum absolute atomic E-state index is 0.179. The number of amides is 1. The Morgan fingerprint density at radius 3 is 2.85 bits per heavy atom. The Labute approximate surface area is 113 Å². The predicted octanol–water partition coefficient (Wildman–Crippen LogP) is 1.29. The number of carbonyl (C=O) groups is 1. The van der Waals surface area contributed by atoms with Crippen molar-refractivity contribution < 1.29 is 9.21 Å². The molecule has 0 saturated carbocycles. The van der Waals surface area contributed by atoms with Crippen LogP contribution in [0.2, 0.25) is 0 Å². The third-order valence-corrected chi connectivity index (χ3v) is 3.09. The molecule has 3 rings (SSSR count). The second-order valence-corrected chi connectivity index (χ2v) is 4.41. The van der Waals surface area contributed by atoms with Gasteiger partial charge < -0.3 is 14.7 Å². The first-order valence-corrected chi connectivity index (χ1v) is 5.92. The fraction of sp³-hybridized carbons (Fsp3) is 0.0714. The van der Waals surface area contributed by atoms with E-state index in [1.54, 1.807) is 6.07 Å². The first kappa shape index (κ1) is 12.2. The van der Waals surface area contributed by atoms with Crippen molar-refractivity contribution >= 4 is 16.9 Å². The van der Waals surface area contributed by atoms with Crippen LogP contribution in [-0.2, 0) is 7.05 Å². The van der Waals surface area contributed by atoms with Gasteiger partial charge >= 0.3 is 5.69 Å². The number of carbonyl (C=O) groups excluding carboxylic acids is 1. The molecule has 2 aromatic heterocycles. The Bertz CT molecular complexity index is 877. The maximum absolute atomic E-state index is 11.7. The number of para-hydroxylation sites is 1. The molecule has 6 nitrogen and oxygen atoms in total. The third-order valence-electron chi connectivity index (χ3n) is 3.09. The Morgan fingerprint density at radius 2 is 2.10 bits per heavy atom. The van der Waals surface area contributed by atoms with E-state index in [1.165, 1.54) is 24.1 Å². The number of aromatic nitrogens is 2. The molecule has 0 unspecified atom stereocenters. The lowest BCUT2D eigenvalue weighted by Gasteiger charge is -2.05. The van der Waals surface area contributed by atoms with E-state index < -0.39 is 11.6 Å². The fourth-order valence-electron chi connectivity index (χ4n) is 2.09. The smallest absolute Gasteiger partial charge is 0.347 e. The van der Waals surface area contributed by atoms with Crippen LogP contribution in [0.5, 0.6) is 0 Å². The van der Waals surface area contributed by atoms with Gasteiger partial charge in [0.15, 0.2) is 0 Å². The molecule has 2 N–H and O–H groups in total. The molecule has 0 atom stereocenters. The van der Waals surface area contributed by atoms with Crippen LogP contribution in [0.15, 0.2) is 45.9 Å². The number of furan rings is 1. The standard InChI is InChI=1S/C14H11N3O3/c1-17-6-9(13(15)18)12(16-14(17)19)10-7-20-11-5-3-2-4-8(10)11/h2-7H,1H3,(H2,15,18). The van der Waals surface area contributed by atoms with Crippen molar-refractivity contribution in [1.29, 1.82) is 0 Å². The number of nitrogens with two attached hydrogens (primary N) is 1. The summed E-state index contributed by atoms with van der Waals surface area (Å²) in [7, 11) is 1.51. The molecular weight excluding hydrogens is 258 g/mol. The highest BCUT2D eigenvalue weighted by atomic mass is 16.3. The normalized spacial score (nSPS) is 10.8. The van der Waals surface area contributed by atoms with Gasteiger partial charge in [-0.25, -0.2) is 4.79 Å². The predicted molar refractivity (Wildman–Crippen MR) is 73.2 cm³/mol. The van der Waals surface area contributed by atoms with E-state index >= 15 is 0 Å². The van der Waals surface area contributed by atoms with Gasteiger partial charge in [0.25, 0.3) is 5.91 Å². The molecule has 0 spiro atoms. The average molecular weight is 269 g/mol. The van der Waals surface area contributed by atoms with Gasteiger partial charge in [-0.3, -0.25) is 4.79 Å². The molecule has 0 aliphatic heterocycles. The summed E-state index contributed by atoms with van der Waals surface area (Å²) in [6.45, 7) is 0. The minimum atomic E-state index is -0.645. The largest absolute Gasteiger partial charge is 0.464 e. The number of nitrogens with zero attached hydrogens (tertiary/aromatic N) is 2. The molecule has 6 heteroatoms. The zero-order valence-corrected chi connectivity index (χ0v) is 10.7. The van der Waals surface area contributed by atoms with Crippen LogP contribution in [-0.4, -0.2) is 15.5 Å². The van der Waals surface area contributed by atoms with Gasteiger partial charge in [0.2, 0.25) is 0 Å². The Morgan fingerprint density at radius 1 is 1.35 bits per heavy atom. The summed E-state index contributed by atoms with van der Waals surface area (Å²) >= 11 is 0. The minimum Gasteiger partial charge on any atom is -0.464 e. The van der Waals surface area contributed by atoms with E-state index in [4.69, 9.17) is 10.2 Å². The number of fused-ring (bicyclic) bond motifs is 1. The molecule has 20 heavy (non-hydrogen) atoms. The summed E-state index contributed by atoms with van der Waals surface area (Å²) in [5.74, 6) is -0.645. The van der Waals surface area contributed by atoms with Gasteiger partial charge in [-0.05, 0) is 6.07 Å². The summed E-state index contributed by atoms with van der Waals surface area (Å²) in [5, 5.41) is 0.774. The van der Waals surface area contributed by atoms with Crippen LogP contribution >= 0.6 is 0 Å². The van der Waals surface area contributed by atoms with E-state index in [0.29, 0.717) is 11.1 Å². The molecular formula is C14H11N3O3. The maximum Gasteiger partial charge on any atom is 0.347 e. The van der Waals surface area contributed by atoms with Gasteiger partial charge in [0.05, 0.1) is 11.3 Å². The molecule has 0 radical (unpaired) electrons. The third kappa shape index (κ3) is 1.78. The van der Waals surface area contributed by atoms with Crippen molar-refractivity contribution in [1.82, 2.24) is 9.55 Å². The molecule has 1 aromatic carbocycles. The second kappa shape index (κ2) is 4.34. The van der Waals surface area contributed by atoms with Crippen molar-refractivity contribution in [3.05, 3.63) is 52.8 Å². The molecule has 2 heterocycles. The first-order valence-electron chi connectivity index (χ1n) is 5.92. The van der Waals surface area contributed by atoms with Gasteiger partial charge in [0, 0.05) is 24.2 Å². The lowest BCUT2D eigenvalue weighted by Crippen LogP contribution is -2.25. The van der Waals surface area contributed by atoms with Crippen LogP contribution in [0.1, 0.15) is 10.4 Å². The molecule has 1 amide bonds. The quantitative estimate of drug-likeness (QED) is 0.758. The van der Waals surface area contributed by atoms with Crippen LogP contribution < -0.4 is 11.4 Å². The highest BCUT2D eigenvalue weighted by molar-refractivity contribution is 6.03. The lowest BCUT2D eigenvalue weighted by molar-refractivity contribution is 0.1000. The van der Waals surface area contributed by atoms with Crippen LogP contribution in [0.4, 0.5) is 0 Å². The number of hydrogen-bond donors (Lipinski definition) is 1. The Balaban J connectivity index is 2.37. The molecule has 100 valence electrons. The summed E-state index contributed by atoms with van der Waals surface area (Å²) in [6.07, 6.45) is 2.85. The Hall–Kier alpha value is -2.89. The zero-order valence-electron chi connectivity index (χ0n) is 10.7. The number of aryl methyl sites for hydroxylation is 1. The molecule has 0 aliphatic rings. The summed E-state index contributed by atoms with van der Waals surface area (Å²) < 4.78 is 6.62. The summed E-state index contributed by atoms with van der Waals surface area (Å²) in [6, 6.07) is 7.30. The molecule has 0 fully saturated rings. The van der Waals surface area contributed by atoms with E-state index in [-0.39, 0.29) is 11.3 Å². The number of primary amides is 1. The van der Waals surface area contributed by atoms with E-state index in [1.807, 2.05) is 18.2 Å². The van der Waals surface area contributed by atoms with Crippen LogP contribution in [0.25, 0.3) is 22.2 Å². The van der Waals surface area contributed by atoms with E-state index in [9.17, 15) is 9.59 Å². The Kier molecular flexibility index (Phi) is 2.64. The number of rotatable bonds is 2. The van der Waals surface area contributed by atoms with Gasteiger partial charge in [-0.2, -0.15) is 4.98 Å². The lowest BCUT2D eigenvalue weighted by atomic mass is 10.1. The monoisotopic (exact) mass is 269 g/mol. The number of benzene rings is 1. The van der Waals surface area contributed by atoms with E-state index in [0.717, 1.165) is 5.39 Å². The molecule has 0 bridgehead atoms. The number of hydrogen-bond acceptors (Lipinski definition) is 4. The zero-order chi connectivity index (χ0) is 14.3. The summed E-state index contributed by atoms with van der Waals surface area (Å²) in [4.78, 5) is 27.2. The van der Waals surface area contributed by atoms with Crippen molar-refractivity contribution in [2.24, 2.45) is 12.8 Å². The highest BCUT2D eigenvalue weighted by Crippen LogP contribution is 2.30. The summed E-state index contributed by atoms with van der Waals surface area (Å²) in [5.41, 5.74) is 6.55. The average Bonchev–Trinajstić information content (AvgIpc) is 2.85. The van der Waals surface area contributed by atoms with E-state index in [2.05, 4.69) is 4.98 Å². The van der Waals surface area contributed by atoms with Crippen molar-refractivity contribution in [3.8, 4) is 11.3 Å². The van der Waals surface area contributed by atoms with Crippen molar-refractivity contribution in [2.75, 3.05) is 0 Å². The highest BCUT2D eigenvalue weighted by Gasteiger charge is 2.18. The first-order chi connectivity index (χ1) is 9.58. The maximum atomic E-state index is 11.7. The fourth-order valence-corrected chi connectivity index (χ4v) is 2.09. The van der Waals surface area contributed by atoms with Crippen LogP contribution in [0, 0.1) is 0 Å². The molecule has 0 saturated heterocycles. The second-order valence-electron chi connectivity index (χ2n) is 4.41. The van der Waals surface area contributed by atoms with Crippen LogP contribution in [0.3, 0.4) is 0 Å². The van der Waals surface area contributed by atoms with Crippen molar-refractivity contribution in [2.45, 2.75) is 0 Å². The van der Waals surface area contributed by atoms with Gasteiger partial charge in [-0.1, -0.05) is 18.2 Å². The topological polar surface area (TPSA) is 91.1 Å². The molecule has 0 aliphatic carbocycles. The van der Waals surface area contributed by atoms with Gasteiger partial charge in [-0.15, -0.1) is 0 Å². The van der Waals surface area contributed by atoms with Crippen molar-refractivity contribution in [3.63, 3.8) is 0 Å². The van der Waals surface area contributed by atoms with Gasteiger partial charge in [0.1, 0.15) is 11.8 Å². The molecule has 3 aromatic rings. The SMILES string of the molecule is Cn1cc(C(N)=O)c(-c2coc3ccccc23)nc1=O.